The average Bonchev–Trinajstić information content (AvgIpc) is 2.83. The maximum atomic E-state index is 12.0. The standard InChI is InChI=1S/C13H24N2O2/c14-9-13(17)7-5-10(6-8-13)12(16)15-11-3-1-2-4-11/h10-11,17H,1-9,14H2,(H,15,16). The molecular weight excluding hydrogens is 216 g/mol. The van der Waals surface area contributed by atoms with Crippen molar-refractivity contribution in [1.82, 2.24) is 5.32 Å². The van der Waals surface area contributed by atoms with Gasteiger partial charge in [0, 0.05) is 18.5 Å². The number of nitrogens with one attached hydrogen (secondary N) is 1. The normalized spacial score (nSPS) is 34.8. The Kier molecular flexibility index (Phi) is 4.05. The fraction of sp³-hybridized carbons (Fsp3) is 0.923. The van der Waals surface area contributed by atoms with E-state index in [1.807, 2.05) is 0 Å². The van der Waals surface area contributed by atoms with Crippen LogP contribution in [0.5, 0.6) is 0 Å². The molecule has 2 rings (SSSR count). The summed E-state index contributed by atoms with van der Waals surface area (Å²) in [4.78, 5) is 12.0. The van der Waals surface area contributed by atoms with Crippen molar-refractivity contribution in [3.05, 3.63) is 0 Å². The third kappa shape index (κ3) is 3.19. The van der Waals surface area contributed by atoms with E-state index in [0.717, 1.165) is 25.7 Å². The van der Waals surface area contributed by atoms with Crippen molar-refractivity contribution < 1.29 is 9.90 Å². The van der Waals surface area contributed by atoms with Crippen LogP contribution in [0.25, 0.3) is 0 Å². The zero-order valence-electron chi connectivity index (χ0n) is 10.5. The molecule has 0 spiro atoms. The van der Waals surface area contributed by atoms with E-state index in [0.29, 0.717) is 25.4 Å². The molecule has 4 N–H and O–H groups in total. The Labute approximate surface area is 103 Å². The molecule has 17 heavy (non-hydrogen) atoms. The van der Waals surface area contributed by atoms with Crippen molar-refractivity contribution in [3.8, 4) is 0 Å². The summed E-state index contributed by atoms with van der Waals surface area (Å²) in [5, 5.41) is 13.1. The topological polar surface area (TPSA) is 75.3 Å². The minimum absolute atomic E-state index is 0.0856. The van der Waals surface area contributed by atoms with Gasteiger partial charge in [-0.2, -0.15) is 0 Å². The zero-order chi connectivity index (χ0) is 12.3. The average molecular weight is 240 g/mol. The Morgan fingerprint density at radius 1 is 1.24 bits per heavy atom. The van der Waals surface area contributed by atoms with Crippen LogP contribution >= 0.6 is 0 Å². The molecule has 0 aromatic heterocycles. The molecule has 0 bridgehead atoms. The Hall–Kier alpha value is -0.610. The van der Waals surface area contributed by atoms with Gasteiger partial charge >= 0.3 is 0 Å². The van der Waals surface area contributed by atoms with Crippen LogP contribution in [-0.4, -0.2) is 29.2 Å². The lowest BCUT2D eigenvalue weighted by Crippen LogP contribution is -2.45. The Bertz CT molecular complexity index is 267. The predicted octanol–water partition coefficient (Wildman–Crippen LogP) is 0.925. The van der Waals surface area contributed by atoms with Crippen LogP contribution in [0.15, 0.2) is 0 Å². The molecule has 0 aliphatic heterocycles. The molecule has 2 saturated carbocycles. The minimum Gasteiger partial charge on any atom is -0.389 e. The highest BCUT2D eigenvalue weighted by molar-refractivity contribution is 5.79. The summed E-state index contributed by atoms with van der Waals surface area (Å²) in [5.74, 6) is 0.276. The van der Waals surface area contributed by atoms with Crippen molar-refractivity contribution in [2.24, 2.45) is 11.7 Å². The SMILES string of the molecule is NCC1(O)CCC(C(=O)NC2CCCC2)CC1. The number of hydrogen-bond donors (Lipinski definition) is 3. The van der Waals surface area contributed by atoms with E-state index in [1.165, 1.54) is 12.8 Å². The second-order valence-electron chi connectivity index (χ2n) is 5.69. The lowest BCUT2D eigenvalue weighted by molar-refractivity contribution is -0.128. The number of aliphatic hydroxyl groups is 1. The molecule has 0 aromatic rings. The van der Waals surface area contributed by atoms with Crippen LogP contribution in [0.4, 0.5) is 0 Å². The number of hydrogen-bond acceptors (Lipinski definition) is 3. The van der Waals surface area contributed by atoms with Crippen molar-refractivity contribution in [2.45, 2.75) is 63.0 Å². The van der Waals surface area contributed by atoms with Crippen LogP contribution in [0.1, 0.15) is 51.4 Å². The lowest BCUT2D eigenvalue weighted by Gasteiger charge is -2.34. The van der Waals surface area contributed by atoms with Gasteiger partial charge in [-0.3, -0.25) is 4.79 Å². The molecular formula is C13H24N2O2. The fourth-order valence-electron chi connectivity index (χ4n) is 3.01. The van der Waals surface area contributed by atoms with E-state index >= 15 is 0 Å². The molecule has 0 heterocycles. The molecule has 2 aliphatic rings. The van der Waals surface area contributed by atoms with Crippen molar-refractivity contribution in [3.63, 3.8) is 0 Å². The summed E-state index contributed by atoms with van der Waals surface area (Å²) in [5.41, 5.74) is 4.82. The highest BCUT2D eigenvalue weighted by Gasteiger charge is 2.35. The third-order valence-electron chi connectivity index (χ3n) is 4.37. The van der Waals surface area contributed by atoms with E-state index in [4.69, 9.17) is 5.73 Å². The van der Waals surface area contributed by atoms with Gasteiger partial charge in [0.15, 0.2) is 0 Å². The Balaban J connectivity index is 1.77. The van der Waals surface area contributed by atoms with Gasteiger partial charge in [-0.05, 0) is 38.5 Å². The van der Waals surface area contributed by atoms with E-state index in [9.17, 15) is 9.90 Å². The first kappa shape index (κ1) is 12.8. The quantitative estimate of drug-likeness (QED) is 0.687. The number of nitrogens with two attached hydrogens (primary N) is 1. The van der Waals surface area contributed by atoms with Crippen molar-refractivity contribution in [2.75, 3.05) is 6.54 Å². The first-order valence-electron chi connectivity index (χ1n) is 6.86. The summed E-state index contributed by atoms with van der Waals surface area (Å²) in [6, 6.07) is 0.401. The van der Waals surface area contributed by atoms with Crippen LogP contribution in [0.3, 0.4) is 0 Å². The second-order valence-corrected chi connectivity index (χ2v) is 5.69. The van der Waals surface area contributed by atoms with Crippen LogP contribution in [0.2, 0.25) is 0 Å². The zero-order valence-corrected chi connectivity index (χ0v) is 10.5. The van der Waals surface area contributed by atoms with Gasteiger partial charge in [0.05, 0.1) is 5.60 Å². The molecule has 98 valence electrons. The molecule has 1 amide bonds. The van der Waals surface area contributed by atoms with Crippen LogP contribution in [-0.2, 0) is 4.79 Å². The predicted molar refractivity (Wildman–Crippen MR) is 66.4 cm³/mol. The molecule has 0 aromatic carbocycles. The first-order valence-corrected chi connectivity index (χ1v) is 6.86. The lowest BCUT2D eigenvalue weighted by atomic mass is 9.78. The number of carbonyl (C=O) groups is 1. The summed E-state index contributed by atoms with van der Waals surface area (Å²) < 4.78 is 0. The smallest absolute Gasteiger partial charge is 0.223 e. The monoisotopic (exact) mass is 240 g/mol. The summed E-state index contributed by atoms with van der Waals surface area (Å²) in [6.45, 7) is 0.309. The van der Waals surface area contributed by atoms with Crippen molar-refractivity contribution in [1.29, 1.82) is 0 Å². The van der Waals surface area contributed by atoms with Gasteiger partial charge in [-0.25, -0.2) is 0 Å². The maximum absolute atomic E-state index is 12.0. The molecule has 0 saturated heterocycles. The van der Waals surface area contributed by atoms with E-state index in [1.54, 1.807) is 0 Å². The highest BCUT2D eigenvalue weighted by atomic mass is 16.3. The molecule has 2 fully saturated rings. The Morgan fingerprint density at radius 3 is 2.35 bits per heavy atom. The van der Waals surface area contributed by atoms with E-state index in [-0.39, 0.29) is 11.8 Å². The molecule has 0 atom stereocenters. The summed E-state index contributed by atoms with van der Waals surface area (Å²) >= 11 is 0. The second kappa shape index (κ2) is 5.36. The molecule has 0 radical (unpaired) electrons. The molecule has 0 unspecified atom stereocenters. The van der Waals surface area contributed by atoms with Crippen LogP contribution in [0, 0.1) is 5.92 Å². The third-order valence-corrected chi connectivity index (χ3v) is 4.37. The van der Waals surface area contributed by atoms with Crippen molar-refractivity contribution >= 4 is 5.91 Å². The molecule has 2 aliphatic carbocycles. The van der Waals surface area contributed by atoms with Crippen LogP contribution < -0.4 is 11.1 Å². The number of amides is 1. The minimum atomic E-state index is -0.718. The van der Waals surface area contributed by atoms with Gasteiger partial charge in [0.1, 0.15) is 0 Å². The van der Waals surface area contributed by atoms with E-state index < -0.39 is 5.60 Å². The van der Waals surface area contributed by atoms with Gasteiger partial charge in [-0.15, -0.1) is 0 Å². The first-order chi connectivity index (χ1) is 8.13. The number of rotatable bonds is 3. The number of carbonyl (C=O) groups excluding carboxylic acids is 1. The fourth-order valence-corrected chi connectivity index (χ4v) is 3.01. The summed E-state index contributed by atoms with van der Waals surface area (Å²) in [7, 11) is 0. The van der Waals surface area contributed by atoms with Gasteiger partial charge in [-0.1, -0.05) is 12.8 Å². The summed E-state index contributed by atoms with van der Waals surface area (Å²) in [6.07, 6.45) is 7.60. The van der Waals surface area contributed by atoms with Gasteiger partial charge in [0.2, 0.25) is 5.91 Å². The van der Waals surface area contributed by atoms with E-state index in [2.05, 4.69) is 5.32 Å². The van der Waals surface area contributed by atoms with Gasteiger partial charge in [0.25, 0.3) is 0 Å². The highest BCUT2D eigenvalue weighted by Crippen LogP contribution is 2.31. The molecule has 4 heteroatoms. The maximum Gasteiger partial charge on any atom is 0.223 e. The Morgan fingerprint density at radius 2 is 1.82 bits per heavy atom. The largest absolute Gasteiger partial charge is 0.389 e. The van der Waals surface area contributed by atoms with Gasteiger partial charge < -0.3 is 16.2 Å². The molecule has 4 nitrogen and oxygen atoms in total.